The van der Waals surface area contributed by atoms with Crippen LogP contribution in [0.1, 0.15) is 23.6 Å². The zero-order chi connectivity index (χ0) is 25.4. The molecule has 0 unspecified atom stereocenters. The Morgan fingerprint density at radius 3 is 2.58 bits per heavy atom. The number of amides is 4. The Morgan fingerprint density at radius 1 is 1.08 bits per heavy atom. The molecule has 3 aliphatic rings. The molecule has 3 aliphatic heterocycles. The fourth-order valence-electron chi connectivity index (χ4n) is 5.98. The number of urea groups is 1. The smallest absolute Gasteiger partial charge is 0.331 e. The van der Waals surface area contributed by atoms with Crippen LogP contribution in [-0.2, 0) is 22.6 Å². The predicted octanol–water partition coefficient (Wildman–Crippen LogP) is 1.77. The van der Waals surface area contributed by atoms with Crippen LogP contribution >= 0.6 is 0 Å². The average molecular weight is 491 g/mol. The zero-order valence-corrected chi connectivity index (χ0v) is 20.3. The molecule has 0 aliphatic carbocycles. The van der Waals surface area contributed by atoms with Gasteiger partial charge in [-0.25, -0.2) is 4.79 Å². The molecule has 1 N–H and O–H groups in total. The first kappa shape index (κ1) is 24.0. The van der Waals surface area contributed by atoms with Gasteiger partial charge < -0.3 is 14.2 Å². The van der Waals surface area contributed by atoms with Crippen molar-refractivity contribution in [2.45, 2.75) is 25.3 Å². The Kier molecular flexibility index (Phi) is 6.26. The van der Waals surface area contributed by atoms with Crippen LogP contribution in [0, 0.1) is 11.3 Å². The summed E-state index contributed by atoms with van der Waals surface area (Å²) in [5.74, 6) is -0.0482. The van der Waals surface area contributed by atoms with E-state index >= 15 is 0 Å². The van der Waals surface area contributed by atoms with Crippen LogP contribution in [-0.4, -0.2) is 65.5 Å². The number of likely N-dealkylation sites (tertiary alicyclic amines) is 1. The lowest BCUT2D eigenvalue weighted by atomic mass is 9.75. The molecule has 188 valence electrons. The maximum absolute atomic E-state index is 13.8. The number of nitrogens with zero attached hydrogens (tertiary/aromatic N) is 3. The summed E-state index contributed by atoms with van der Waals surface area (Å²) in [6.45, 7) is 5.77. The van der Waals surface area contributed by atoms with Gasteiger partial charge >= 0.3 is 6.03 Å². The summed E-state index contributed by atoms with van der Waals surface area (Å²) in [7, 11) is 1.58. The number of barbiturate groups is 1. The Labute approximate surface area is 209 Å². The fraction of sp³-hybridized carbons (Fsp3) is 0.407. The Hall–Kier alpha value is -3.72. The number of carbonyl (C=O) groups excluding carboxylic acids is 3. The minimum atomic E-state index is -1.48. The van der Waals surface area contributed by atoms with E-state index < -0.39 is 23.3 Å². The lowest BCUT2D eigenvalue weighted by molar-refractivity contribution is -0.153. The zero-order valence-electron chi connectivity index (χ0n) is 20.3. The van der Waals surface area contributed by atoms with Gasteiger partial charge in [-0.1, -0.05) is 24.3 Å². The summed E-state index contributed by atoms with van der Waals surface area (Å²) in [5.41, 5.74) is 0.317. The second-order valence-electron chi connectivity index (χ2n) is 9.96. The largest absolute Gasteiger partial charge is 0.497 e. The van der Waals surface area contributed by atoms with Crippen LogP contribution in [0.25, 0.3) is 0 Å². The molecule has 5 rings (SSSR count). The number of pyridine rings is 1. The van der Waals surface area contributed by atoms with Gasteiger partial charge in [-0.15, -0.1) is 6.58 Å². The molecule has 2 bridgehead atoms. The molecule has 1 aromatic carbocycles. The molecule has 9 heteroatoms. The van der Waals surface area contributed by atoms with E-state index in [0.717, 1.165) is 22.6 Å². The first-order valence-electron chi connectivity index (χ1n) is 12.2. The van der Waals surface area contributed by atoms with E-state index in [9.17, 15) is 19.2 Å². The number of carbonyl (C=O) groups is 3. The molecule has 1 aromatic heterocycles. The fourth-order valence-corrected chi connectivity index (χ4v) is 5.98. The van der Waals surface area contributed by atoms with E-state index in [1.165, 1.54) is 6.08 Å². The lowest BCUT2D eigenvalue weighted by Crippen LogP contribution is -2.68. The third-order valence-electron chi connectivity index (χ3n) is 7.58. The van der Waals surface area contributed by atoms with E-state index in [4.69, 9.17) is 4.74 Å². The van der Waals surface area contributed by atoms with Crippen LogP contribution < -0.4 is 15.6 Å². The average Bonchev–Trinajstić information content (AvgIpc) is 2.86. The third kappa shape index (κ3) is 4.13. The van der Waals surface area contributed by atoms with E-state index in [0.29, 0.717) is 25.4 Å². The van der Waals surface area contributed by atoms with Crippen LogP contribution in [0.3, 0.4) is 0 Å². The molecule has 2 fully saturated rings. The summed E-state index contributed by atoms with van der Waals surface area (Å²) in [6, 6.07) is 11.9. The molecule has 9 nitrogen and oxygen atoms in total. The molecule has 2 saturated heterocycles. The number of hydrogen-bond acceptors (Lipinski definition) is 6. The quantitative estimate of drug-likeness (QED) is 0.469. The molecule has 0 radical (unpaired) electrons. The molecule has 4 amide bonds. The van der Waals surface area contributed by atoms with Gasteiger partial charge in [0.05, 0.1) is 7.11 Å². The molecule has 0 saturated carbocycles. The highest BCUT2D eigenvalue weighted by Crippen LogP contribution is 2.38. The number of aromatic nitrogens is 1. The van der Waals surface area contributed by atoms with Crippen molar-refractivity contribution >= 4 is 17.8 Å². The van der Waals surface area contributed by atoms with Crippen LogP contribution in [0.5, 0.6) is 5.75 Å². The van der Waals surface area contributed by atoms with Gasteiger partial charge in [-0.2, -0.15) is 0 Å². The number of methoxy groups -OCH3 is 1. The summed E-state index contributed by atoms with van der Waals surface area (Å²) < 4.78 is 7.10. The lowest BCUT2D eigenvalue weighted by Gasteiger charge is -2.47. The van der Waals surface area contributed by atoms with E-state index in [2.05, 4.69) is 16.8 Å². The number of benzene rings is 1. The highest BCUT2D eigenvalue weighted by Gasteiger charge is 2.55. The van der Waals surface area contributed by atoms with Gasteiger partial charge in [0.2, 0.25) is 11.8 Å². The van der Waals surface area contributed by atoms with E-state index in [-0.39, 0.29) is 36.9 Å². The van der Waals surface area contributed by atoms with Crippen LogP contribution in [0.15, 0.2) is 59.9 Å². The maximum atomic E-state index is 13.8. The van der Waals surface area contributed by atoms with E-state index in [1.54, 1.807) is 31.4 Å². The van der Waals surface area contributed by atoms with Crippen LogP contribution in [0.4, 0.5) is 4.79 Å². The first-order chi connectivity index (χ1) is 17.3. The van der Waals surface area contributed by atoms with Gasteiger partial charge in [-0.05, 0) is 42.5 Å². The number of ether oxygens (including phenoxy) is 1. The standard InChI is InChI=1S/C27H30N4O5/c1-3-11-30-25(34)27(24(33)28-26(30)35,13-18-7-9-21(36-2)10-8-18)17-29-14-19-12-20(16-29)22-5-4-6-23(32)31(22)15-19/h3-10,19-20H,1,11-17H2,2H3,(H,28,33,35)/t19-,20-,27+/m1/s1. The Bertz CT molecular complexity index is 1270. The van der Waals surface area contributed by atoms with Crippen molar-refractivity contribution < 1.29 is 19.1 Å². The highest BCUT2D eigenvalue weighted by molar-refractivity contribution is 6.19. The predicted molar refractivity (Wildman–Crippen MR) is 133 cm³/mol. The third-order valence-corrected chi connectivity index (χ3v) is 7.58. The molecule has 2 aromatic rings. The first-order valence-corrected chi connectivity index (χ1v) is 12.2. The van der Waals surface area contributed by atoms with Gasteiger partial charge in [0.15, 0.2) is 0 Å². The van der Waals surface area contributed by atoms with Crippen molar-refractivity contribution in [1.82, 2.24) is 19.7 Å². The number of rotatable bonds is 7. The second kappa shape index (κ2) is 9.39. The summed E-state index contributed by atoms with van der Waals surface area (Å²) in [5, 5.41) is 2.42. The number of imide groups is 2. The molecule has 36 heavy (non-hydrogen) atoms. The number of piperidine rings is 1. The van der Waals surface area contributed by atoms with Crippen molar-refractivity contribution in [3.05, 3.63) is 76.7 Å². The molecular formula is C27H30N4O5. The van der Waals surface area contributed by atoms with E-state index in [1.807, 2.05) is 22.8 Å². The minimum Gasteiger partial charge on any atom is -0.497 e. The summed E-state index contributed by atoms with van der Waals surface area (Å²) in [6.07, 6.45) is 2.59. The van der Waals surface area contributed by atoms with Gasteiger partial charge in [0.25, 0.3) is 5.56 Å². The van der Waals surface area contributed by atoms with Crippen LogP contribution in [0.2, 0.25) is 0 Å². The highest BCUT2D eigenvalue weighted by atomic mass is 16.5. The topological polar surface area (TPSA) is 101 Å². The molecule has 3 atom stereocenters. The SMILES string of the molecule is C=CCN1C(=O)NC(=O)[C@](Cc2ccc(OC)cc2)(CN2C[C@H]3C[C@H](C2)c2cccc(=O)n2C3)C1=O. The molecular weight excluding hydrogens is 460 g/mol. The van der Waals surface area contributed by atoms with Crippen molar-refractivity contribution in [2.24, 2.45) is 11.3 Å². The maximum Gasteiger partial charge on any atom is 0.331 e. The van der Waals surface area contributed by atoms with Crippen molar-refractivity contribution in [1.29, 1.82) is 0 Å². The monoisotopic (exact) mass is 490 g/mol. The van der Waals surface area contributed by atoms with Gasteiger partial charge in [0, 0.05) is 50.4 Å². The number of hydrogen-bond donors (Lipinski definition) is 1. The second-order valence-corrected chi connectivity index (χ2v) is 9.96. The van der Waals surface area contributed by atoms with Gasteiger partial charge in [0.1, 0.15) is 11.2 Å². The molecule has 4 heterocycles. The Morgan fingerprint density at radius 2 is 1.86 bits per heavy atom. The van der Waals surface area contributed by atoms with Crippen molar-refractivity contribution in [3.8, 4) is 5.75 Å². The summed E-state index contributed by atoms with van der Waals surface area (Å²) in [4.78, 5) is 55.5. The number of fused-ring (bicyclic) bond motifs is 4. The number of nitrogens with one attached hydrogen (secondary N) is 1. The van der Waals surface area contributed by atoms with Gasteiger partial charge in [-0.3, -0.25) is 24.6 Å². The van der Waals surface area contributed by atoms with Crippen molar-refractivity contribution in [2.75, 3.05) is 33.3 Å². The normalized spacial score (nSPS) is 25.8. The molecule has 0 spiro atoms. The summed E-state index contributed by atoms with van der Waals surface area (Å²) >= 11 is 0. The Balaban J connectivity index is 1.49. The minimum absolute atomic E-state index is 0.00652. The van der Waals surface area contributed by atoms with Crippen molar-refractivity contribution in [3.63, 3.8) is 0 Å².